The van der Waals surface area contributed by atoms with Crippen molar-refractivity contribution in [2.75, 3.05) is 29.4 Å². The number of aromatic nitrogens is 4. The third kappa shape index (κ3) is 3.80. The van der Waals surface area contributed by atoms with E-state index >= 15 is 0 Å². The minimum atomic E-state index is -0.291. The lowest BCUT2D eigenvalue weighted by Crippen LogP contribution is -2.36. The molecule has 0 radical (unpaired) electrons. The van der Waals surface area contributed by atoms with Crippen LogP contribution in [0.5, 0.6) is 0 Å². The molecule has 0 spiro atoms. The SMILES string of the molecule is Cc1cnc(-c2cc(N3CCc4nc(N5CCC(O)C5)ncc4[C@H]3C)ncc2Cl)c(C)c1. The monoisotopic (exact) mass is 450 g/mol. The number of anilines is 2. The molecule has 7 nitrogen and oxygen atoms in total. The Balaban J connectivity index is 1.44. The summed E-state index contributed by atoms with van der Waals surface area (Å²) >= 11 is 6.53. The molecular formula is C24H27ClN6O. The zero-order valence-electron chi connectivity index (χ0n) is 18.6. The normalized spacial score (nSPS) is 20.5. The Bertz CT molecular complexity index is 1170. The van der Waals surface area contributed by atoms with E-state index < -0.39 is 0 Å². The maximum atomic E-state index is 9.83. The van der Waals surface area contributed by atoms with E-state index in [1.54, 1.807) is 6.20 Å². The number of aliphatic hydroxyl groups excluding tert-OH is 1. The lowest BCUT2D eigenvalue weighted by atomic mass is 9.99. The number of fused-ring (bicyclic) bond motifs is 1. The van der Waals surface area contributed by atoms with Crippen LogP contribution in [0.1, 0.15) is 41.8 Å². The van der Waals surface area contributed by atoms with E-state index in [4.69, 9.17) is 16.6 Å². The Labute approximate surface area is 193 Å². The molecule has 166 valence electrons. The topological polar surface area (TPSA) is 78.3 Å². The van der Waals surface area contributed by atoms with Gasteiger partial charge in [0.2, 0.25) is 5.95 Å². The van der Waals surface area contributed by atoms with Crippen LogP contribution in [-0.4, -0.2) is 50.8 Å². The first kappa shape index (κ1) is 21.1. The quantitative estimate of drug-likeness (QED) is 0.648. The van der Waals surface area contributed by atoms with Gasteiger partial charge in [0.25, 0.3) is 0 Å². The number of β-amino-alcohol motifs (C(OH)–C–C–N with tert-alkyl or cyclic N) is 1. The number of hydrogen-bond donors (Lipinski definition) is 1. The zero-order chi connectivity index (χ0) is 22.4. The number of aliphatic hydroxyl groups is 1. The van der Waals surface area contributed by atoms with E-state index in [0.29, 0.717) is 17.5 Å². The van der Waals surface area contributed by atoms with Crippen molar-refractivity contribution < 1.29 is 5.11 Å². The fourth-order valence-electron chi connectivity index (χ4n) is 4.71. The Hall–Kier alpha value is -2.77. The highest BCUT2D eigenvalue weighted by Gasteiger charge is 2.29. The lowest BCUT2D eigenvalue weighted by Gasteiger charge is -2.36. The fourth-order valence-corrected chi connectivity index (χ4v) is 4.90. The minimum Gasteiger partial charge on any atom is -0.391 e. The highest BCUT2D eigenvalue weighted by Crippen LogP contribution is 2.36. The van der Waals surface area contributed by atoms with Crippen LogP contribution in [0.4, 0.5) is 11.8 Å². The van der Waals surface area contributed by atoms with Gasteiger partial charge in [-0.2, -0.15) is 0 Å². The molecule has 2 atom stereocenters. The summed E-state index contributed by atoms with van der Waals surface area (Å²) in [5.74, 6) is 1.59. The maximum Gasteiger partial charge on any atom is 0.225 e. The number of aryl methyl sites for hydroxylation is 2. The van der Waals surface area contributed by atoms with Gasteiger partial charge in [-0.15, -0.1) is 0 Å². The van der Waals surface area contributed by atoms with Crippen molar-refractivity contribution in [1.82, 2.24) is 19.9 Å². The van der Waals surface area contributed by atoms with Gasteiger partial charge in [-0.25, -0.2) is 15.0 Å². The van der Waals surface area contributed by atoms with Gasteiger partial charge < -0.3 is 14.9 Å². The average Bonchev–Trinajstić information content (AvgIpc) is 3.21. The second kappa shape index (κ2) is 8.30. The molecule has 0 saturated carbocycles. The Kier molecular flexibility index (Phi) is 5.47. The van der Waals surface area contributed by atoms with E-state index in [1.807, 2.05) is 25.4 Å². The molecule has 2 aliphatic rings. The number of hydrogen-bond acceptors (Lipinski definition) is 7. The molecule has 1 unspecified atom stereocenters. The van der Waals surface area contributed by atoms with Gasteiger partial charge in [0.15, 0.2) is 0 Å². The second-order valence-corrected chi connectivity index (χ2v) is 9.19. The highest BCUT2D eigenvalue weighted by atomic mass is 35.5. The number of nitrogens with zero attached hydrogens (tertiary/aromatic N) is 6. The molecule has 2 aliphatic heterocycles. The summed E-state index contributed by atoms with van der Waals surface area (Å²) in [6.45, 7) is 8.46. The van der Waals surface area contributed by atoms with Gasteiger partial charge in [-0.05, 0) is 44.4 Å². The van der Waals surface area contributed by atoms with Crippen LogP contribution in [0.2, 0.25) is 5.02 Å². The standard InChI is InChI=1S/C24H27ClN6O/c1-14-8-15(2)23(27-10-14)18-9-22(26-12-20(18)25)31-7-5-21-19(16(31)3)11-28-24(29-21)30-6-4-17(32)13-30/h8-12,16-17,32H,4-7,13H2,1-3H3/t16-,17?/m1/s1. The van der Waals surface area contributed by atoms with Gasteiger partial charge in [-0.1, -0.05) is 17.7 Å². The van der Waals surface area contributed by atoms with E-state index in [-0.39, 0.29) is 12.1 Å². The highest BCUT2D eigenvalue weighted by molar-refractivity contribution is 6.33. The van der Waals surface area contributed by atoms with Crippen molar-refractivity contribution in [3.8, 4) is 11.3 Å². The van der Waals surface area contributed by atoms with Crippen molar-refractivity contribution in [3.63, 3.8) is 0 Å². The van der Waals surface area contributed by atoms with Crippen LogP contribution in [0, 0.1) is 13.8 Å². The van der Waals surface area contributed by atoms with E-state index in [2.05, 4.69) is 44.7 Å². The molecule has 8 heteroatoms. The maximum absolute atomic E-state index is 9.83. The molecule has 1 saturated heterocycles. The average molecular weight is 451 g/mol. The Morgan fingerprint density at radius 3 is 2.66 bits per heavy atom. The fraction of sp³-hybridized carbons (Fsp3) is 0.417. The first-order valence-corrected chi connectivity index (χ1v) is 11.4. The summed E-state index contributed by atoms with van der Waals surface area (Å²) in [6, 6.07) is 4.24. The molecule has 5 rings (SSSR count). The van der Waals surface area contributed by atoms with Crippen molar-refractivity contribution >= 4 is 23.4 Å². The molecule has 1 N–H and O–H groups in total. The van der Waals surface area contributed by atoms with Crippen molar-refractivity contribution in [3.05, 3.63) is 58.1 Å². The molecule has 5 heterocycles. The predicted molar refractivity (Wildman–Crippen MR) is 126 cm³/mol. The molecule has 0 bridgehead atoms. The summed E-state index contributed by atoms with van der Waals surface area (Å²) in [5, 5.41) is 10.4. The molecule has 0 aliphatic carbocycles. The third-order valence-corrected chi connectivity index (χ3v) is 6.75. The van der Waals surface area contributed by atoms with Crippen molar-refractivity contribution in [1.29, 1.82) is 0 Å². The smallest absolute Gasteiger partial charge is 0.225 e. The number of rotatable bonds is 3. The summed E-state index contributed by atoms with van der Waals surface area (Å²) in [6.07, 6.45) is 6.81. The largest absolute Gasteiger partial charge is 0.391 e. The molecular weight excluding hydrogens is 424 g/mol. The van der Waals surface area contributed by atoms with E-state index in [9.17, 15) is 5.11 Å². The van der Waals surface area contributed by atoms with Crippen molar-refractivity contribution in [2.24, 2.45) is 0 Å². The molecule has 1 fully saturated rings. The zero-order valence-corrected chi connectivity index (χ0v) is 19.3. The third-order valence-electron chi connectivity index (χ3n) is 6.45. The molecule has 3 aromatic rings. The number of pyridine rings is 2. The molecule has 3 aromatic heterocycles. The molecule has 32 heavy (non-hydrogen) atoms. The minimum absolute atomic E-state index is 0.0885. The second-order valence-electron chi connectivity index (χ2n) is 8.78. The number of halogens is 1. The Morgan fingerprint density at radius 1 is 1.06 bits per heavy atom. The predicted octanol–water partition coefficient (Wildman–Crippen LogP) is 3.90. The van der Waals surface area contributed by atoms with Crippen LogP contribution in [0.25, 0.3) is 11.3 Å². The molecule has 0 aromatic carbocycles. The summed E-state index contributed by atoms with van der Waals surface area (Å²) < 4.78 is 0. The van der Waals surface area contributed by atoms with E-state index in [1.165, 1.54) is 0 Å². The van der Waals surface area contributed by atoms with Crippen LogP contribution >= 0.6 is 11.6 Å². The van der Waals surface area contributed by atoms with Gasteiger partial charge in [0, 0.05) is 55.8 Å². The van der Waals surface area contributed by atoms with Crippen LogP contribution < -0.4 is 9.80 Å². The van der Waals surface area contributed by atoms with Crippen LogP contribution in [0.3, 0.4) is 0 Å². The first-order chi connectivity index (χ1) is 15.4. The first-order valence-electron chi connectivity index (χ1n) is 11.1. The van der Waals surface area contributed by atoms with Crippen LogP contribution in [0.15, 0.2) is 30.7 Å². The van der Waals surface area contributed by atoms with Gasteiger partial charge >= 0.3 is 0 Å². The summed E-state index contributed by atoms with van der Waals surface area (Å²) in [7, 11) is 0. The van der Waals surface area contributed by atoms with E-state index in [0.717, 1.165) is 65.4 Å². The van der Waals surface area contributed by atoms with Crippen molar-refractivity contribution in [2.45, 2.75) is 45.8 Å². The van der Waals surface area contributed by atoms with Gasteiger partial charge in [-0.3, -0.25) is 4.98 Å². The Morgan fingerprint density at radius 2 is 1.91 bits per heavy atom. The lowest BCUT2D eigenvalue weighted by molar-refractivity contribution is 0.198. The summed E-state index contributed by atoms with van der Waals surface area (Å²) in [5.41, 5.74) is 6.18. The summed E-state index contributed by atoms with van der Waals surface area (Å²) in [4.78, 5) is 23.0. The van der Waals surface area contributed by atoms with Crippen LogP contribution in [-0.2, 0) is 6.42 Å². The van der Waals surface area contributed by atoms with Gasteiger partial charge in [0.1, 0.15) is 5.82 Å². The van der Waals surface area contributed by atoms with Gasteiger partial charge in [0.05, 0.1) is 28.6 Å². The molecule has 0 amide bonds.